The van der Waals surface area contributed by atoms with E-state index in [2.05, 4.69) is 15.3 Å². The standard InChI is InChI=1S/C14H12ClN3/c1-9-8-10(15)6-7-11(9)16-14-17-12-4-2-3-5-13(12)18-14/h2-8H,1H3,(H2,16,17,18). The Balaban J connectivity index is 1.96. The minimum absolute atomic E-state index is 0.738. The third kappa shape index (κ3) is 2.05. The molecular formula is C14H12ClN3. The summed E-state index contributed by atoms with van der Waals surface area (Å²) in [6.45, 7) is 2.01. The molecule has 1 aromatic heterocycles. The van der Waals surface area contributed by atoms with Gasteiger partial charge in [-0.1, -0.05) is 23.7 Å². The Morgan fingerprint density at radius 3 is 2.78 bits per heavy atom. The van der Waals surface area contributed by atoms with Crippen LogP contribution in [0.3, 0.4) is 0 Å². The maximum atomic E-state index is 5.93. The van der Waals surface area contributed by atoms with Crippen LogP contribution >= 0.6 is 11.6 Å². The monoisotopic (exact) mass is 257 g/mol. The Morgan fingerprint density at radius 2 is 2.00 bits per heavy atom. The van der Waals surface area contributed by atoms with Crippen molar-refractivity contribution in [3.05, 3.63) is 53.1 Å². The van der Waals surface area contributed by atoms with Crippen LogP contribution in [0.1, 0.15) is 5.56 Å². The number of hydrogen-bond acceptors (Lipinski definition) is 2. The normalized spacial score (nSPS) is 10.8. The minimum atomic E-state index is 0.738. The smallest absolute Gasteiger partial charge is 0.205 e. The van der Waals surface area contributed by atoms with Gasteiger partial charge in [0.15, 0.2) is 0 Å². The lowest BCUT2D eigenvalue weighted by Crippen LogP contribution is -1.94. The molecule has 2 aromatic carbocycles. The number of fused-ring (bicyclic) bond motifs is 1. The van der Waals surface area contributed by atoms with Crippen LogP contribution in [0.5, 0.6) is 0 Å². The van der Waals surface area contributed by atoms with Crippen molar-refractivity contribution in [3.63, 3.8) is 0 Å². The van der Waals surface area contributed by atoms with Gasteiger partial charge < -0.3 is 10.3 Å². The number of anilines is 2. The third-order valence-electron chi connectivity index (χ3n) is 2.83. The molecule has 3 nitrogen and oxygen atoms in total. The first-order valence-corrected chi connectivity index (χ1v) is 6.08. The molecule has 0 aliphatic rings. The van der Waals surface area contributed by atoms with E-state index in [1.165, 1.54) is 0 Å². The van der Waals surface area contributed by atoms with Gasteiger partial charge >= 0.3 is 0 Å². The lowest BCUT2D eigenvalue weighted by molar-refractivity contribution is 1.29. The van der Waals surface area contributed by atoms with E-state index in [0.29, 0.717) is 0 Å². The molecule has 4 heteroatoms. The van der Waals surface area contributed by atoms with E-state index < -0.39 is 0 Å². The second-order valence-electron chi connectivity index (χ2n) is 4.19. The zero-order valence-corrected chi connectivity index (χ0v) is 10.6. The fourth-order valence-corrected chi connectivity index (χ4v) is 2.13. The highest BCUT2D eigenvalue weighted by molar-refractivity contribution is 6.30. The van der Waals surface area contributed by atoms with Gasteiger partial charge in [-0.05, 0) is 42.8 Å². The summed E-state index contributed by atoms with van der Waals surface area (Å²) in [5.41, 5.74) is 4.06. The predicted octanol–water partition coefficient (Wildman–Crippen LogP) is 4.27. The molecule has 90 valence electrons. The summed E-state index contributed by atoms with van der Waals surface area (Å²) in [4.78, 5) is 7.70. The number of aryl methyl sites for hydroxylation is 1. The van der Waals surface area contributed by atoms with Crippen LogP contribution in [0.2, 0.25) is 5.02 Å². The molecule has 3 rings (SSSR count). The third-order valence-corrected chi connectivity index (χ3v) is 3.07. The zero-order valence-electron chi connectivity index (χ0n) is 9.87. The van der Waals surface area contributed by atoms with Crippen LogP contribution in [0, 0.1) is 6.92 Å². The number of para-hydroxylation sites is 2. The Labute approximate surface area is 110 Å². The molecule has 1 heterocycles. The van der Waals surface area contributed by atoms with Gasteiger partial charge in [0, 0.05) is 10.7 Å². The van der Waals surface area contributed by atoms with Gasteiger partial charge in [0.2, 0.25) is 5.95 Å². The second-order valence-corrected chi connectivity index (χ2v) is 4.62. The first-order chi connectivity index (χ1) is 8.72. The van der Waals surface area contributed by atoms with Gasteiger partial charge in [-0.25, -0.2) is 4.98 Å². The summed E-state index contributed by atoms with van der Waals surface area (Å²) in [6, 6.07) is 13.7. The van der Waals surface area contributed by atoms with Crippen molar-refractivity contribution in [3.8, 4) is 0 Å². The van der Waals surface area contributed by atoms with E-state index in [0.717, 1.165) is 33.3 Å². The van der Waals surface area contributed by atoms with E-state index >= 15 is 0 Å². The van der Waals surface area contributed by atoms with Crippen molar-refractivity contribution in [1.29, 1.82) is 0 Å². The number of aromatic nitrogens is 2. The Bertz CT molecular complexity index is 670. The van der Waals surface area contributed by atoms with Crippen molar-refractivity contribution in [2.75, 3.05) is 5.32 Å². The van der Waals surface area contributed by atoms with Crippen LogP contribution in [0.15, 0.2) is 42.5 Å². The van der Waals surface area contributed by atoms with Gasteiger partial charge in [0.1, 0.15) is 0 Å². The van der Waals surface area contributed by atoms with Gasteiger partial charge in [-0.2, -0.15) is 0 Å². The van der Waals surface area contributed by atoms with Gasteiger partial charge in [-0.3, -0.25) is 0 Å². The summed E-state index contributed by atoms with van der Waals surface area (Å²) in [7, 11) is 0. The first kappa shape index (κ1) is 11.1. The Morgan fingerprint density at radius 1 is 1.17 bits per heavy atom. The minimum Gasteiger partial charge on any atom is -0.326 e. The van der Waals surface area contributed by atoms with E-state index in [1.54, 1.807) is 0 Å². The number of imidazole rings is 1. The molecule has 0 saturated carbocycles. The molecule has 2 N–H and O–H groups in total. The topological polar surface area (TPSA) is 40.7 Å². The van der Waals surface area contributed by atoms with Gasteiger partial charge in [-0.15, -0.1) is 0 Å². The van der Waals surface area contributed by atoms with E-state index in [-0.39, 0.29) is 0 Å². The predicted molar refractivity (Wildman–Crippen MR) is 75.6 cm³/mol. The number of aromatic amines is 1. The molecule has 0 atom stereocenters. The molecule has 0 amide bonds. The number of halogens is 1. The highest BCUT2D eigenvalue weighted by atomic mass is 35.5. The Hall–Kier alpha value is -2.00. The van der Waals surface area contributed by atoms with Crippen LogP contribution in [0.25, 0.3) is 11.0 Å². The van der Waals surface area contributed by atoms with Gasteiger partial charge in [0.25, 0.3) is 0 Å². The van der Waals surface area contributed by atoms with Crippen molar-refractivity contribution in [1.82, 2.24) is 9.97 Å². The van der Waals surface area contributed by atoms with Crippen molar-refractivity contribution < 1.29 is 0 Å². The lowest BCUT2D eigenvalue weighted by Gasteiger charge is -2.06. The molecule has 18 heavy (non-hydrogen) atoms. The number of hydrogen-bond donors (Lipinski definition) is 2. The van der Waals surface area contributed by atoms with Crippen LogP contribution in [0.4, 0.5) is 11.6 Å². The summed E-state index contributed by atoms with van der Waals surface area (Å²) in [5, 5.41) is 4.00. The molecule has 0 fully saturated rings. The number of nitrogens with one attached hydrogen (secondary N) is 2. The molecule has 0 radical (unpaired) electrons. The van der Waals surface area contributed by atoms with E-state index in [4.69, 9.17) is 11.6 Å². The summed E-state index contributed by atoms with van der Waals surface area (Å²) in [5.74, 6) is 0.738. The van der Waals surface area contributed by atoms with Gasteiger partial charge in [0.05, 0.1) is 11.0 Å². The number of H-pyrrole nitrogens is 1. The summed E-state index contributed by atoms with van der Waals surface area (Å²) < 4.78 is 0. The van der Waals surface area contributed by atoms with Crippen LogP contribution in [-0.2, 0) is 0 Å². The quantitative estimate of drug-likeness (QED) is 0.720. The largest absolute Gasteiger partial charge is 0.326 e. The highest BCUT2D eigenvalue weighted by Crippen LogP contribution is 2.23. The van der Waals surface area contributed by atoms with Crippen molar-refractivity contribution in [2.24, 2.45) is 0 Å². The average molecular weight is 258 g/mol. The lowest BCUT2D eigenvalue weighted by atomic mass is 10.2. The fraction of sp³-hybridized carbons (Fsp3) is 0.0714. The zero-order chi connectivity index (χ0) is 12.5. The molecule has 0 saturated heterocycles. The number of benzene rings is 2. The molecule has 0 aliphatic carbocycles. The number of nitrogens with zero attached hydrogens (tertiary/aromatic N) is 1. The van der Waals surface area contributed by atoms with E-state index in [9.17, 15) is 0 Å². The summed E-state index contributed by atoms with van der Waals surface area (Å²) in [6.07, 6.45) is 0. The maximum absolute atomic E-state index is 5.93. The number of rotatable bonds is 2. The molecule has 3 aromatic rings. The van der Waals surface area contributed by atoms with Crippen LogP contribution in [-0.4, -0.2) is 9.97 Å². The maximum Gasteiger partial charge on any atom is 0.205 e. The molecule has 0 bridgehead atoms. The SMILES string of the molecule is Cc1cc(Cl)ccc1Nc1nc2ccccc2[nH]1. The first-order valence-electron chi connectivity index (χ1n) is 5.70. The van der Waals surface area contributed by atoms with Crippen molar-refractivity contribution >= 4 is 34.3 Å². The molecule has 0 aliphatic heterocycles. The summed E-state index contributed by atoms with van der Waals surface area (Å²) >= 11 is 5.93. The Kier molecular flexibility index (Phi) is 2.68. The second kappa shape index (κ2) is 4.35. The fourth-order valence-electron chi connectivity index (χ4n) is 1.91. The van der Waals surface area contributed by atoms with E-state index in [1.807, 2.05) is 49.4 Å². The van der Waals surface area contributed by atoms with Crippen molar-refractivity contribution in [2.45, 2.75) is 6.92 Å². The molecule has 0 unspecified atom stereocenters. The average Bonchev–Trinajstić information content (AvgIpc) is 2.75. The van der Waals surface area contributed by atoms with Crippen LogP contribution < -0.4 is 5.32 Å². The molecular weight excluding hydrogens is 246 g/mol. The molecule has 0 spiro atoms. The highest BCUT2D eigenvalue weighted by Gasteiger charge is 2.04.